The van der Waals surface area contributed by atoms with Gasteiger partial charge in [-0.1, -0.05) is 24.3 Å². The number of carbonyl (C=O) groups excluding carboxylic acids is 2. The number of nitrogens with zero attached hydrogens (tertiary/aromatic N) is 2. The minimum atomic E-state index is -0.389. The van der Waals surface area contributed by atoms with E-state index in [-0.39, 0.29) is 24.2 Å². The van der Waals surface area contributed by atoms with Crippen molar-refractivity contribution in [1.29, 1.82) is 0 Å². The molecule has 7 nitrogen and oxygen atoms in total. The first-order valence-corrected chi connectivity index (χ1v) is 11.1. The molecule has 0 atom stereocenters. The molecule has 2 amide bonds. The zero-order valence-electron chi connectivity index (χ0n) is 19.3. The van der Waals surface area contributed by atoms with Gasteiger partial charge in [-0.25, -0.2) is 4.39 Å². The standard InChI is InChI=1S/C27H24FN3O4/c1-3-34-25-16-19(9-14-24(25)35-17-26(32)29-21-7-5-4-6-8-21)15-23-18(2)30-31(27(23)33)22-12-10-20(28)11-13-22/h4-16H,3,17H2,1-2H3,(H,29,32)/b23-15+. The van der Waals surface area contributed by atoms with Crippen LogP contribution in [0.15, 0.2) is 83.5 Å². The molecule has 1 aliphatic rings. The number of carbonyl (C=O) groups is 2. The van der Waals surface area contributed by atoms with E-state index in [0.29, 0.717) is 46.3 Å². The third-order valence-electron chi connectivity index (χ3n) is 5.13. The molecule has 3 aromatic carbocycles. The zero-order chi connectivity index (χ0) is 24.8. The van der Waals surface area contributed by atoms with Gasteiger partial charge < -0.3 is 14.8 Å². The molecule has 0 bridgehead atoms. The molecule has 1 N–H and O–H groups in total. The summed E-state index contributed by atoms with van der Waals surface area (Å²) in [5, 5.41) is 8.32. The van der Waals surface area contributed by atoms with E-state index in [0.717, 1.165) is 0 Å². The lowest BCUT2D eigenvalue weighted by Crippen LogP contribution is -2.21. The van der Waals surface area contributed by atoms with Crippen molar-refractivity contribution in [2.75, 3.05) is 23.5 Å². The fraction of sp³-hybridized carbons (Fsp3) is 0.148. The summed E-state index contributed by atoms with van der Waals surface area (Å²) in [6.45, 7) is 3.78. The number of hydrogen-bond acceptors (Lipinski definition) is 5. The second kappa shape index (κ2) is 10.6. The predicted molar refractivity (Wildman–Crippen MR) is 133 cm³/mol. The molecule has 0 spiro atoms. The minimum Gasteiger partial charge on any atom is -0.490 e. The molecule has 4 rings (SSSR count). The van der Waals surface area contributed by atoms with E-state index in [1.165, 1.54) is 29.3 Å². The number of benzene rings is 3. The van der Waals surface area contributed by atoms with E-state index in [1.807, 2.05) is 25.1 Å². The Hall–Kier alpha value is -4.46. The number of hydrogen-bond donors (Lipinski definition) is 1. The van der Waals surface area contributed by atoms with Crippen LogP contribution in [0, 0.1) is 5.82 Å². The zero-order valence-corrected chi connectivity index (χ0v) is 19.3. The van der Waals surface area contributed by atoms with Gasteiger partial charge in [-0.2, -0.15) is 10.1 Å². The third kappa shape index (κ3) is 5.73. The molecule has 35 heavy (non-hydrogen) atoms. The van der Waals surface area contributed by atoms with E-state index < -0.39 is 0 Å². The largest absolute Gasteiger partial charge is 0.490 e. The van der Waals surface area contributed by atoms with Crippen LogP contribution in [0.4, 0.5) is 15.8 Å². The van der Waals surface area contributed by atoms with Crippen LogP contribution in [0.1, 0.15) is 19.4 Å². The summed E-state index contributed by atoms with van der Waals surface area (Å²) in [4.78, 5) is 25.2. The van der Waals surface area contributed by atoms with Gasteiger partial charge in [-0.05, 0) is 74.0 Å². The lowest BCUT2D eigenvalue weighted by atomic mass is 10.1. The highest BCUT2D eigenvalue weighted by atomic mass is 19.1. The third-order valence-corrected chi connectivity index (χ3v) is 5.13. The van der Waals surface area contributed by atoms with Gasteiger partial charge in [0, 0.05) is 5.69 Å². The maximum Gasteiger partial charge on any atom is 0.280 e. The molecule has 0 radical (unpaired) electrons. The van der Waals surface area contributed by atoms with Crippen LogP contribution in [0.2, 0.25) is 0 Å². The van der Waals surface area contributed by atoms with Crippen LogP contribution in [-0.4, -0.2) is 30.7 Å². The van der Waals surface area contributed by atoms with Crippen LogP contribution in [0.5, 0.6) is 11.5 Å². The Balaban J connectivity index is 1.49. The van der Waals surface area contributed by atoms with Gasteiger partial charge in [0.25, 0.3) is 11.8 Å². The molecular weight excluding hydrogens is 449 g/mol. The summed E-state index contributed by atoms with van der Waals surface area (Å²) < 4.78 is 24.6. The van der Waals surface area contributed by atoms with Crippen molar-refractivity contribution >= 4 is 35.0 Å². The number of nitrogens with one attached hydrogen (secondary N) is 1. The van der Waals surface area contributed by atoms with Gasteiger partial charge >= 0.3 is 0 Å². The summed E-state index contributed by atoms with van der Waals surface area (Å²) in [5.41, 5.74) is 2.81. The Morgan fingerprint density at radius 1 is 1.03 bits per heavy atom. The summed E-state index contributed by atoms with van der Waals surface area (Å²) >= 11 is 0. The number of para-hydroxylation sites is 1. The Kier molecular flexibility index (Phi) is 7.21. The number of halogens is 1. The molecule has 178 valence electrons. The molecule has 8 heteroatoms. The summed E-state index contributed by atoms with van der Waals surface area (Å²) in [5.74, 6) is -0.141. The van der Waals surface area contributed by atoms with Crippen LogP contribution in [0.3, 0.4) is 0 Å². The molecule has 3 aromatic rings. The number of anilines is 2. The number of amides is 2. The molecule has 0 aliphatic carbocycles. The van der Waals surface area contributed by atoms with E-state index in [2.05, 4.69) is 10.4 Å². The molecule has 1 heterocycles. The van der Waals surface area contributed by atoms with Crippen molar-refractivity contribution in [3.63, 3.8) is 0 Å². The lowest BCUT2D eigenvalue weighted by molar-refractivity contribution is -0.118. The van der Waals surface area contributed by atoms with Gasteiger partial charge in [-0.3, -0.25) is 9.59 Å². The normalized spacial score (nSPS) is 14.1. The van der Waals surface area contributed by atoms with Crippen LogP contribution >= 0.6 is 0 Å². The Bertz CT molecular complexity index is 1290. The summed E-state index contributed by atoms with van der Waals surface area (Å²) in [7, 11) is 0. The molecule has 0 saturated heterocycles. The maximum absolute atomic E-state index is 13.2. The number of rotatable bonds is 8. The van der Waals surface area contributed by atoms with Gasteiger partial charge in [-0.15, -0.1) is 0 Å². The van der Waals surface area contributed by atoms with Crippen molar-refractivity contribution in [1.82, 2.24) is 0 Å². The van der Waals surface area contributed by atoms with Crippen LogP contribution < -0.4 is 19.8 Å². The van der Waals surface area contributed by atoms with Crippen molar-refractivity contribution in [3.05, 3.63) is 89.8 Å². The van der Waals surface area contributed by atoms with Crippen molar-refractivity contribution in [2.45, 2.75) is 13.8 Å². The van der Waals surface area contributed by atoms with Gasteiger partial charge in [0.2, 0.25) is 0 Å². The molecule has 1 aliphatic heterocycles. The number of hydrazone groups is 1. The lowest BCUT2D eigenvalue weighted by Gasteiger charge is -2.13. The maximum atomic E-state index is 13.2. The smallest absolute Gasteiger partial charge is 0.280 e. The van der Waals surface area contributed by atoms with E-state index >= 15 is 0 Å². The fourth-order valence-corrected chi connectivity index (χ4v) is 3.47. The topological polar surface area (TPSA) is 80.2 Å². The number of ether oxygens (including phenoxy) is 2. The van der Waals surface area contributed by atoms with E-state index in [4.69, 9.17) is 9.47 Å². The monoisotopic (exact) mass is 473 g/mol. The van der Waals surface area contributed by atoms with Crippen LogP contribution in [0.25, 0.3) is 6.08 Å². The van der Waals surface area contributed by atoms with Crippen molar-refractivity contribution in [3.8, 4) is 11.5 Å². The predicted octanol–water partition coefficient (Wildman–Crippen LogP) is 5.05. The first kappa shape index (κ1) is 23.7. The summed E-state index contributed by atoms with van der Waals surface area (Å²) in [6.07, 6.45) is 1.71. The van der Waals surface area contributed by atoms with Crippen LogP contribution in [-0.2, 0) is 9.59 Å². The first-order chi connectivity index (χ1) is 16.9. The highest BCUT2D eigenvalue weighted by Crippen LogP contribution is 2.31. The van der Waals surface area contributed by atoms with Crippen molar-refractivity contribution in [2.24, 2.45) is 5.10 Å². The Labute approximate surface area is 202 Å². The van der Waals surface area contributed by atoms with Gasteiger partial charge in [0.1, 0.15) is 5.82 Å². The average molecular weight is 474 g/mol. The second-order valence-corrected chi connectivity index (χ2v) is 7.68. The SMILES string of the molecule is CCOc1cc(/C=C2/C(=O)N(c3ccc(F)cc3)N=C2C)ccc1OCC(=O)Nc1ccccc1. The fourth-order valence-electron chi connectivity index (χ4n) is 3.47. The highest BCUT2D eigenvalue weighted by molar-refractivity contribution is 6.32. The Morgan fingerprint density at radius 2 is 1.77 bits per heavy atom. The van der Waals surface area contributed by atoms with Gasteiger partial charge in [0.15, 0.2) is 18.1 Å². The Morgan fingerprint density at radius 3 is 2.49 bits per heavy atom. The van der Waals surface area contributed by atoms with Crippen molar-refractivity contribution < 1.29 is 23.5 Å². The van der Waals surface area contributed by atoms with E-state index in [1.54, 1.807) is 43.3 Å². The summed E-state index contributed by atoms with van der Waals surface area (Å²) in [6, 6.07) is 19.9. The van der Waals surface area contributed by atoms with Gasteiger partial charge in [0.05, 0.1) is 23.6 Å². The first-order valence-electron chi connectivity index (χ1n) is 11.1. The molecular formula is C27H24FN3O4. The molecule has 0 fully saturated rings. The second-order valence-electron chi connectivity index (χ2n) is 7.68. The average Bonchev–Trinajstić information content (AvgIpc) is 3.13. The molecule has 0 unspecified atom stereocenters. The minimum absolute atomic E-state index is 0.188. The molecule has 0 aromatic heterocycles. The highest BCUT2D eigenvalue weighted by Gasteiger charge is 2.28. The molecule has 0 saturated carbocycles. The quantitative estimate of drug-likeness (QED) is 0.465. The van der Waals surface area contributed by atoms with E-state index in [9.17, 15) is 14.0 Å².